The van der Waals surface area contributed by atoms with E-state index in [1.165, 1.54) is 0 Å². The zero-order chi connectivity index (χ0) is 25.2. The molecule has 2 aliphatic rings. The summed E-state index contributed by atoms with van der Waals surface area (Å²) in [5.41, 5.74) is 4.29. The van der Waals surface area contributed by atoms with Gasteiger partial charge in [0.2, 0.25) is 5.91 Å². The Morgan fingerprint density at radius 3 is 2.17 bits per heavy atom. The van der Waals surface area contributed by atoms with Crippen molar-refractivity contribution in [3.63, 3.8) is 0 Å². The van der Waals surface area contributed by atoms with E-state index in [4.69, 9.17) is 4.74 Å². The molecule has 7 heteroatoms. The summed E-state index contributed by atoms with van der Waals surface area (Å²) >= 11 is 0. The number of hydrogen-bond acceptors (Lipinski definition) is 4. The van der Waals surface area contributed by atoms with E-state index in [0.717, 1.165) is 28.7 Å². The Labute approximate surface area is 206 Å². The number of carbonyl (C=O) groups excluding carboxylic acids is 2. The van der Waals surface area contributed by atoms with Crippen LogP contribution in [-0.2, 0) is 14.3 Å². The van der Waals surface area contributed by atoms with Crippen LogP contribution in [0.2, 0.25) is 0 Å². The van der Waals surface area contributed by atoms with E-state index in [2.05, 4.69) is 34.9 Å². The zero-order valence-corrected chi connectivity index (χ0v) is 20.5. The first-order valence-corrected chi connectivity index (χ1v) is 12.3. The van der Waals surface area contributed by atoms with Gasteiger partial charge in [0, 0.05) is 12.0 Å². The van der Waals surface area contributed by atoms with Crippen molar-refractivity contribution in [3.05, 3.63) is 59.7 Å². The van der Waals surface area contributed by atoms with Crippen LogP contribution in [-0.4, -0.2) is 41.8 Å². The lowest BCUT2D eigenvalue weighted by Gasteiger charge is -2.28. The van der Waals surface area contributed by atoms with Gasteiger partial charge in [-0.1, -0.05) is 75.7 Å². The number of carbonyl (C=O) groups is 3. The summed E-state index contributed by atoms with van der Waals surface area (Å²) in [4.78, 5) is 37.4. The number of nitrogens with one attached hydrogen (secondary N) is 2. The fourth-order valence-corrected chi connectivity index (χ4v) is 5.32. The molecule has 3 unspecified atom stereocenters. The quantitative estimate of drug-likeness (QED) is 0.535. The molecule has 2 amide bonds. The van der Waals surface area contributed by atoms with Crippen molar-refractivity contribution in [3.8, 4) is 11.1 Å². The number of ether oxygens (including phenoxy) is 1. The Balaban J connectivity index is 1.42. The molecule has 1 fully saturated rings. The highest BCUT2D eigenvalue weighted by Crippen LogP contribution is 2.44. The van der Waals surface area contributed by atoms with Crippen molar-refractivity contribution in [2.45, 2.75) is 64.5 Å². The maximum absolute atomic E-state index is 13.1. The first-order valence-electron chi connectivity index (χ1n) is 12.3. The van der Waals surface area contributed by atoms with Crippen LogP contribution in [0.5, 0.6) is 0 Å². The summed E-state index contributed by atoms with van der Waals surface area (Å²) < 4.78 is 5.64. The van der Waals surface area contributed by atoms with Gasteiger partial charge < -0.3 is 20.5 Å². The molecule has 0 aromatic heterocycles. The van der Waals surface area contributed by atoms with Crippen LogP contribution in [0.4, 0.5) is 4.79 Å². The SMILES string of the molecule is CC(C)(C)CC(NC(=O)OCC1c2ccccc2-c2ccccc21)C(=O)NC1CCCC1C(=O)O. The standard InChI is InChI=1S/C28H34N2O5/c1-28(2,3)15-24(25(31)29-23-14-8-13-21(23)26(32)33)30-27(34)35-16-22-19-11-6-4-9-17(19)18-10-5-7-12-20(18)22/h4-7,9-12,21-24H,8,13-16H2,1-3H3,(H,29,31)(H,30,34)(H,32,33). The molecular weight excluding hydrogens is 444 g/mol. The van der Waals surface area contributed by atoms with E-state index in [9.17, 15) is 19.5 Å². The van der Waals surface area contributed by atoms with Gasteiger partial charge in [0.05, 0.1) is 5.92 Å². The Bertz CT molecular complexity index is 1060. The summed E-state index contributed by atoms with van der Waals surface area (Å²) in [6.07, 6.45) is 1.66. The Hall–Kier alpha value is -3.35. The van der Waals surface area contributed by atoms with E-state index in [1.807, 2.05) is 45.0 Å². The van der Waals surface area contributed by atoms with E-state index in [1.54, 1.807) is 0 Å². The fourth-order valence-electron chi connectivity index (χ4n) is 5.32. The van der Waals surface area contributed by atoms with Crippen LogP contribution < -0.4 is 10.6 Å². The van der Waals surface area contributed by atoms with Crippen molar-refractivity contribution in [2.75, 3.05) is 6.61 Å². The van der Waals surface area contributed by atoms with E-state index >= 15 is 0 Å². The van der Waals surface area contributed by atoms with Crippen molar-refractivity contribution in [1.82, 2.24) is 10.6 Å². The Kier molecular flexibility index (Phi) is 7.15. The topological polar surface area (TPSA) is 105 Å². The fraction of sp³-hybridized carbons (Fsp3) is 0.464. The molecule has 0 heterocycles. The predicted octanol–water partition coefficient (Wildman–Crippen LogP) is 4.70. The second-order valence-corrected chi connectivity index (χ2v) is 10.8. The number of fused-ring (bicyclic) bond motifs is 3. The lowest BCUT2D eigenvalue weighted by atomic mass is 9.87. The molecule has 0 bridgehead atoms. The summed E-state index contributed by atoms with van der Waals surface area (Å²) in [7, 11) is 0. The van der Waals surface area contributed by atoms with Gasteiger partial charge in [0.1, 0.15) is 12.6 Å². The molecule has 2 aromatic rings. The third-order valence-corrected chi connectivity index (χ3v) is 6.93. The van der Waals surface area contributed by atoms with Crippen LogP contribution in [0.1, 0.15) is 63.5 Å². The van der Waals surface area contributed by atoms with Crippen molar-refractivity contribution >= 4 is 18.0 Å². The molecule has 0 aliphatic heterocycles. The van der Waals surface area contributed by atoms with Crippen LogP contribution in [0.15, 0.2) is 48.5 Å². The van der Waals surface area contributed by atoms with Crippen LogP contribution >= 0.6 is 0 Å². The lowest BCUT2D eigenvalue weighted by molar-refractivity contribution is -0.142. The monoisotopic (exact) mass is 478 g/mol. The minimum absolute atomic E-state index is 0.0714. The summed E-state index contributed by atoms with van der Waals surface area (Å²) in [6, 6.07) is 15.0. The van der Waals surface area contributed by atoms with Gasteiger partial charge in [0.25, 0.3) is 0 Å². The second kappa shape index (κ2) is 10.1. The highest BCUT2D eigenvalue weighted by molar-refractivity contribution is 5.86. The molecular formula is C28H34N2O5. The third kappa shape index (κ3) is 5.66. The van der Waals surface area contributed by atoms with Crippen molar-refractivity contribution in [2.24, 2.45) is 11.3 Å². The number of amides is 2. The van der Waals surface area contributed by atoms with E-state index in [0.29, 0.717) is 19.3 Å². The molecule has 0 spiro atoms. The average molecular weight is 479 g/mol. The number of alkyl carbamates (subject to hydrolysis) is 1. The molecule has 0 radical (unpaired) electrons. The number of carboxylic acids is 1. The number of rotatable bonds is 7. The number of benzene rings is 2. The summed E-state index contributed by atoms with van der Waals surface area (Å²) in [5.74, 6) is -1.93. The van der Waals surface area contributed by atoms with Gasteiger partial charge in [-0.3, -0.25) is 9.59 Å². The smallest absolute Gasteiger partial charge is 0.407 e. The van der Waals surface area contributed by atoms with Gasteiger partial charge in [-0.25, -0.2) is 4.79 Å². The number of carboxylic acid groups (broad SMARTS) is 1. The van der Waals surface area contributed by atoms with Crippen LogP contribution in [0.25, 0.3) is 11.1 Å². The molecule has 4 rings (SSSR count). The minimum atomic E-state index is -0.898. The maximum Gasteiger partial charge on any atom is 0.407 e. The van der Waals surface area contributed by atoms with Gasteiger partial charge in [-0.2, -0.15) is 0 Å². The molecule has 186 valence electrons. The number of hydrogen-bond donors (Lipinski definition) is 3. The zero-order valence-electron chi connectivity index (χ0n) is 20.5. The largest absolute Gasteiger partial charge is 0.481 e. The maximum atomic E-state index is 13.1. The number of aliphatic carboxylic acids is 1. The first kappa shape index (κ1) is 24.8. The van der Waals surface area contributed by atoms with Gasteiger partial charge >= 0.3 is 12.1 Å². The van der Waals surface area contributed by atoms with Gasteiger partial charge in [-0.05, 0) is 46.9 Å². The normalized spacial score (nSPS) is 20.0. The first-order chi connectivity index (χ1) is 16.6. The molecule has 7 nitrogen and oxygen atoms in total. The lowest BCUT2D eigenvalue weighted by Crippen LogP contribution is -2.52. The highest BCUT2D eigenvalue weighted by atomic mass is 16.5. The van der Waals surface area contributed by atoms with E-state index < -0.39 is 30.1 Å². The van der Waals surface area contributed by atoms with Crippen LogP contribution in [0, 0.1) is 11.3 Å². The summed E-state index contributed by atoms with van der Waals surface area (Å²) in [5, 5.41) is 15.1. The average Bonchev–Trinajstić information content (AvgIpc) is 3.39. The van der Waals surface area contributed by atoms with Crippen LogP contribution in [0.3, 0.4) is 0 Å². The molecule has 0 saturated heterocycles. The molecule has 2 aliphatic carbocycles. The van der Waals surface area contributed by atoms with E-state index in [-0.39, 0.29) is 23.8 Å². The molecule has 1 saturated carbocycles. The van der Waals surface area contributed by atoms with Gasteiger partial charge in [0.15, 0.2) is 0 Å². The summed E-state index contributed by atoms with van der Waals surface area (Å²) in [6.45, 7) is 6.13. The third-order valence-electron chi connectivity index (χ3n) is 6.93. The Morgan fingerprint density at radius 1 is 1.00 bits per heavy atom. The second-order valence-electron chi connectivity index (χ2n) is 10.8. The molecule has 35 heavy (non-hydrogen) atoms. The van der Waals surface area contributed by atoms with Crippen molar-refractivity contribution < 1.29 is 24.2 Å². The molecule has 3 atom stereocenters. The molecule has 2 aromatic carbocycles. The minimum Gasteiger partial charge on any atom is -0.481 e. The Morgan fingerprint density at radius 2 is 1.60 bits per heavy atom. The molecule has 3 N–H and O–H groups in total. The predicted molar refractivity (Wildman–Crippen MR) is 133 cm³/mol. The van der Waals surface area contributed by atoms with Crippen molar-refractivity contribution in [1.29, 1.82) is 0 Å². The highest BCUT2D eigenvalue weighted by Gasteiger charge is 2.36. The van der Waals surface area contributed by atoms with Gasteiger partial charge in [-0.15, -0.1) is 0 Å².